The summed E-state index contributed by atoms with van der Waals surface area (Å²) < 4.78 is 8.95. The number of nitrogens with zero attached hydrogens (tertiary/aromatic N) is 2. The van der Waals surface area contributed by atoms with Gasteiger partial charge in [0.1, 0.15) is 11.2 Å². The lowest BCUT2D eigenvalue weighted by molar-refractivity contribution is 0.669. The molecule has 0 spiro atoms. The molecule has 0 radical (unpaired) electrons. The second kappa shape index (κ2) is 15.3. The van der Waals surface area contributed by atoms with E-state index in [4.69, 9.17) is 4.42 Å². The van der Waals surface area contributed by atoms with E-state index in [0.717, 1.165) is 89.2 Å². The lowest BCUT2D eigenvalue weighted by Crippen LogP contribution is -2.13. The van der Waals surface area contributed by atoms with Crippen LogP contribution in [-0.2, 0) is 0 Å². The van der Waals surface area contributed by atoms with Crippen molar-refractivity contribution >= 4 is 60.8 Å². The molecule has 3 heteroatoms. The molecule has 0 amide bonds. The lowest BCUT2D eigenvalue weighted by Gasteiger charge is -2.31. The summed E-state index contributed by atoms with van der Waals surface area (Å²) in [7, 11) is 0. The van der Waals surface area contributed by atoms with Crippen molar-refractivity contribution in [3.05, 3.63) is 243 Å². The van der Waals surface area contributed by atoms with Crippen molar-refractivity contribution in [1.29, 1.82) is 0 Å². The third-order valence-electron chi connectivity index (χ3n) is 12.4. The van der Waals surface area contributed by atoms with Gasteiger partial charge < -0.3 is 13.9 Å². The standard InChI is InChI=1S/C60H40N2O/c1-4-20-41(21-5-1)47-26-10-14-33-54(47)61(55-34-15-11-27-48(55)42-22-6-2-7-23-42)46-39-43(49-30-19-37-58-59(49)53-29-13-17-36-57(53)63-58)38-44(40-46)50-31-18-32-52-51-28-12-16-35-56(51)62(60(50)52)45-24-8-3-9-25-45/h1-40H. The lowest BCUT2D eigenvalue weighted by atomic mass is 9.93. The Morgan fingerprint density at radius 1 is 0.333 bits per heavy atom. The van der Waals surface area contributed by atoms with E-state index in [0.29, 0.717) is 0 Å². The van der Waals surface area contributed by atoms with E-state index in [1.165, 1.54) is 21.8 Å². The van der Waals surface area contributed by atoms with E-state index in [9.17, 15) is 0 Å². The molecule has 0 saturated heterocycles. The molecule has 0 aliphatic heterocycles. The van der Waals surface area contributed by atoms with Crippen LogP contribution in [0.4, 0.5) is 17.1 Å². The van der Waals surface area contributed by atoms with Gasteiger partial charge in [0.15, 0.2) is 0 Å². The van der Waals surface area contributed by atoms with Gasteiger partial charge in [-0.15, -0.1) is 0 Å². The number of aromatic nitrogens is 1. The van der Waals surface area contributed by atoms with Crippen LogP contribution < -0.4 is 4.90 Å². The zero-order valence-corrected chi connectivity index (χ0v) is 34.4. The Labute approximate surface area is 366 Å². The van der Waals surface area contributed by atoms with Crippen molar-refractivity contribution in [2.24, 2.45) is 0 Å². The number of anilines is 3. The fourth-order valence-electron chi connectivity index (χ4n) is 9.63. The maximum Gasteiger partial charge on any atom is 0.136 e. The first-order valence-electron chi connectivity index (χ1n) is 21.5. The van der Waals surface area contributed by atoms with Crippen LogP contribution >= 0.6 is 0 Å². The number of hydrogen-bond acceptors (Lipinski definition) is 2. The van der Waals surface area contributed by atoms with Gasteiger partial charge in [0.25, 0.3) is 0 Å². The molecule has 12 aromatic rings. The van der Waals surface area contributed by atoms with E-state index >= 15 is 0 Å². The van der Waals surface area contributed by atoms with Crippen LogP contribution in [0.25, 0.3) is 93.9 Å². The molecule has 0 unspecified atom stereocenters. The average molecular weight is 805 g/mol. The molecule has 0 N–H and O–H groups in total. The Morgan fingerprint density at radius 2 is 0.825 bits per heavy atom. The molecule has 10 aromatic carbocycles. The van der Waals surface area contributed by atoms with Crippen molar-refractivity contribution in [2.45, 2.75) is 0 Å². The first kappa shape index (κ1) is 36.5. The first-order valence-corrected chi connectivity index (χ1v) is 21.5. The van der Waals surface area contributed by atoms with Gasteiger partial charge in [0.2, 0.25) is 0 Å². The SMILES string of the molecule is c1ccc(-c2ccccc2N(c2cc(-c3cccc4oc5ccccc5c34)cc(-c3cccc4c5ccccc5n(-c5ccccc5)c34)c2)c2ccccc2-c2ccccc2)cc1. The van der Waals surface area contributed by atoms with Crippen LogP contribution in [0.15, 0.2) is 247 Å². The maximum atomic E-state index is 6.52. The molecule has 0 aliphatic carbocycles. The molecule has 0 fully saturated rings. The minimum Gasteiger partial charge on any atom is -0.456 e. The van der Waals surface area contributed by atoms with Gasteiger partial charge >= 0.3 is 0 Å². The molecule has 12 rings (SSSR count). The second-order valence-electron chi connectivity index (χ2n) is 16.0. The summed E-state index contributed by atoms with van der Waals surface area (Å²) in [5.74, 6) is 0. The van der Waals surface area contributed by atoms with Gasteiger partial charge in [-0.2, -0.15) is 0 Å². The molecule has 0 atom stereocenters. The van der Waals surface area contributed by atoms with Crippen LogP contribution in [0.5, 0.6) is 0 Å². The van der Waals surface area contributed by atoms with Crippen LogP contribution in [-0.4, -0.2) is 4.57 Å². The van der Waals surface area contributed by atoms with Gasteiger partial charge in [-0.3, -0.25) is 0 Å². The predicted octanol–water partition coefficient (Wildman–Crippen LogP) is 16.8. The summed E-state index contributed by atoms with van der Waals surface area (Å²) in [6, 6.07) is 87.3. The first-order chi connectivity index (χ1) is 31.3. The van der Waals surface area contributed by atoms with E-state index in [1.807, 2.05) is 6.07 Å². The Kier molecular flexibility index (Phi) is 8.83. The Balaban J connectivity index is 1.21. The van der Waals surface area contributed by atoms with Crippen LogP contribution in [0.2, 0.25) is 0 Å². The molecule has 296 valence electrons. The molecular weight excluding hydrogens is 765 g/mol. The van der Waals surface area contributed by atoms with Crippen molar-refractivity contribution in [3.8, 4) is 50.2 Å². The summed E-state index contributed by atoms with van der Waals surface area (Å²) in [4.78, 5) is 2.47. The Hall–Kier alpha value is -8.40. The second-order valence-corrected chi connectivity index (χ2v) is 16.0. The highest BCUT2D eigenvalue weighted by atomic mass is 16.3. The molecule has 2 aromatic heterocycles. The minimum atomic E-state index is 0.868. The van der Waals surface area contributed by atoms with Gasteiger partial charge in [-0.05, 0) is 88.5 Å². The zero-order valence-electron chi connectivity index (χ0n) is 34.4. The predicted molar refractivity (Wildman–Crippen MR) is 264 cm³/mol. The minimum absolute atomic E-state index is 0.868. The number of hydrogen-bond donors (Lipinski definition) is 0. The molecule has 0 saturated carbocycles. The Morgan fingerprint density at radius 3 is 1.52 bits per heavy atom. The van der Waals surface area contributed by atoms with Gasteiger partial charge in [-0.1, -0.05) is 182 Å². The molecule has 0 bridgehead atoms. The number of para-hydroxylation sites is 6. The molecule has 2 heterocycles. The van der Waals surface area contributed by atoms with E-state index in [-0.39, 0.29) is 0 Å². The fourth-order valence-corrected chi connectivity index (χ4v) is 9.63. The van der Waals surface area contributed by atoms with E-state index in [2.05, 4.69) is 246 Å². The molecule has 63 heavy (non-hydrogen) atoms. The smallest absolute Gasteiger partial charge is 0.136 e. The van der Waals surface area contributed by atoms with Crippen molar-refractivity contribution in [2.75, 3.05) is 4.90 Å². The number of benzene rings is 10. The van der Waals surface area contributed by atoms with Gasteiger partial charge in [0, 0.05) is 49.6 Å². The molecular formula is C60H40N2O. The summed E-state index contributed by atoms with van der Waals surface area (Å²) in [6.45, 7) is 0. The average Bonchev–Trinajstić information content (AvgIpc) is 3.91. The highest BCUT2D eigenvalue weighted by Crippen LogP contribution is 2.48. The summed E-state index contributed by atoms with van der Waals surface area (Å²) in [6.07, 6.45) is 0. The topological polar surface area (TPSA) is 21.3 Å². The fraction of sp³-hybridized carbons (Fsp3) is 0. The third-order valence-corrected chi connectivity index (χ3v) is 12.4. The van der Waals surface area contributed by atoms with Crippen molar-refractivity contribution in [1.82, 2.24) is 4.57 Å². The molecule has 0 aliphatic rings. The van der Waals surface area contributed by atoms with Gasteiger partial charge in [0.05, 0.1) is 22.4 Å². The Bertz CT molecular complexity index is 3540. The van der Waals surface area contributed by atoms with Crippen LogP contribution in [0, 0.1) is 0 Å². The summed E-state index contributed by atoms with van der Waals surface area (Å²) in [5.41, 5.74) is 17.5. The largest absolute Gasteiger partial charge is 0.456 e. The highest BCUT2D eigenvalue weighted by Gasteiger charge is 2.24. The molecule has 3 nitrogen and oxygen atoms in total. The maximum absolute atomic E-state index is 6.52. The normalized spacial score (nSPS) is 11.5. The summed E-state index contributed by atoms with van der Waals surface area (Å²) >= 11 is 0. The van der Waals surface area contributed by atoms with Crippen LogP contribution in [0.3, 0.4) is 0 Å². The van der Waals surface area contributed by atoms with Crippen LogP contribution in [0.1, 0.15) is 0 Å². The monoisotopic (exact) mass is 804 g/mol. The van der Waals surface area contributed by atoms with Crippen molar-refractivity contribution in [3.63, 3.8) is 0 Å². The zero-order chi connectivity index (χ0) is 41.7. The number of furan rings is 1. The van der Waals surface area contributed by atoms with E-state index in [1.54, 1.807) is 0 Å². The summed E-state index contributed by atoms with van der Waals surface area (Å²) in [5, 5.41) is 4.64. The third kappa shape index (κ3) is 6.21. The number of fused-ring (bicyclic) bond motifs is 6. The van der Waals surface area contributed by atoms with Crippen molar-refractivity contribution < 1.29 is 4.42 Å². The van der Waals surface area contributed by atoms with E-state index < -0.39 is 0 Å². The highest BCUT2D eigenvalue weighted by molar-refractivity contribution is 6.15. The van der Waals surface area contributed by atoms with Gasteiger partial charge in [-0.25, -0.2) is 0 Å². The quantitative estimate of drug-likeness (QED) is 0.153. The number of rotatable bonds is 8.